The molecule has 6 nitrogen and oxygen atoms in total. The highest BCUT2D eigenvalue weighted by Crippen LogP contribution is 2.34. The molecule has 3 fully saturated rings. The van der Waals surface area contributed by atoms with Crippen molar-refractivity contribution < 1.29 is 14.0 Å². The monoisotopic (exact) mass is 384 g/mol. The van der Waals surface area contributed by atoms with Crippen LogP contribution in [0.2, 0.25) is 0 Å². The van der Waals surface area contributed by atoms with Crippen molar-refractivity contribution in [2.45, 2.75) is 50.9 Å². The van der Waals surface area contributed by atoms with Crippen LogP contribution in [0.5, 0.6) is 0 Å². The molecule has 0 unspecified atom stereocenters. The molecule has 28 heavy (non-hydrogen) atoms. The van der Waals surface area contributed by atoms with E-state index in [2.05, 4.69) is 11.0 Å². The summed E-state index contributed by atoms with van der Waals surface area (Å²) < 4.78 is 13.4. The van der Waals surface area contributed by atoms with E-state index in [9.17, 15) is 19.2 Å². The summed E-state index contributed by atoms with van der Waals surface area (Å²) in [6, 6.07) is 8.19. The van der Waals surface area contributed by atoms with Crippen LogP contribution in [-0.4, -0.2) is 64.3 Å². The molecule has 3 saturated heterocycles. The Balaban J connectivity index is 1.36. The van der Waals surface area contributed by atoms with E-state index in [4.69, 9.17) is 0 Å². The zero-order chi connectivity index (χ0) is 19.8. The summed E-state index contributed by atoms with van der Waals surface area (Å²) in [7, 11) is 0. The molecule has 7 heteroatoms. The van der Waals surface area contributed by atoms with Gasteiger partial charge in [-0.2, -0.15) is 5.26 Å². The maximum Gasteiger partial charge on any atom is 0.240 e. The molecule has 3 aliphatic rings. The van der Waals surface area contributed by atoms with E-state index in [-0.39, 0.29) is 41.7 Å². The smallest absolute Gasteiger partial charge is 0.240 e. The van der Waals surface area contributed by atoms with Crippen LogP contribution in [0.15, 0.2) is 24.3 Å². The average molecular weight is 384 g/mol. The first-order chi connectivity index (χ1) is 13.5. The first-order valence-corrected chi connectivity index (χ1v) is 9.97. The Morgan fingerprint density at radius 3 is 2.96 bits per heavy atom. The van der Waals surface area contributed by atoms with Crippen molar-refractivity contribution in [1.29, 1.82) is 5.26 Å². The van der Waals surface area contributed by atoms with Crippen LogP contribution in [0.4, 0.5) is 4.39 Å². The van der Waals surface area contributed by atoms with E-state index in [1.54, 1.807) is 11.0 Å². The molecular formula is C21H25FN4O2. The molecule has 1 aromatic rings. The van der Waals surface area contributed by atoms with Crippen LogP contribution in [-0.2, 0) is 16.1 Å². The van der Waals surface area contributed by atoms with Crippen LogP contribution in [0.25, 0.3) is 0 Å². The van der Waals surface area contributed by atoms with Crippen molar-refractivity contribution in [3.63, 3.8) is 0 Å². The fraction of sp³-hybridized carbons (Fsp3) is 0.571. The third-order valence-corrected chi connectivity index (χ3v) is 6.25. The number of rotatable bonds is 5. The summed E-state index contributed by atoms with van der Waals surface area (Å²) in [6.07, 6.45) is 2.38. The molecule has 0 aromatic heterocycles. The lowest BCUT2D eigenvalue weighted by atomic mass is 10.1. The van der Waals surface area contributed by atoms with Gasteiger partial charge in [-0.05, 0) is 37.0 Å². The lowest BCUT2D eigenvalue weighted by Gasteiger charge is -2.35. The number of carbonyl (C=O) groups excluding carboxylic acids is 2. The Kier molecular flexibility index (Phi) is 5.07. The number of hydrogen-bond donors (Lipinski definition) is 0. The Morgan fingerprint density at radius 2 is 2.25 bits per heavy atom. The van der Waals surface area contributed by atoms with Crippen molar-refractivity contribution >= 4 is 11.8 Å². The minimum atomic E-state index is -0.312. The van der Waals surface area contributed by atoms with Crippen LogP contribution >= 0.6 is 0 Å². The Morgan fingerprint density at radius 1 is 1.43 bits per heavy atom. The van der Waals surface area contributed by atoms with Gasteiger partial charge in [0.25, 0.3) is 0 Å². The highest BCUT2D eigenvalue weighted by molar-refractivity contribution is 5.86. The van der Waals surface area contributed by atoms with E-state index in [1.807, 2.05) is 17.9 Å². The number of nitrogens with zero attached hydrogens (tertiary/aromatic N) is 4. The summed E-state index contributed by atoms with van der Waals surface area (Å²) in [5.74, 6) is -0.453. The molecule has 3 aliphatic heterocycles. The maximum atomic E-state index is 13.4. The fourth-order valence-electron chi connectivity index (χ4n) is 4.85. The Labute approximate surface area is 164 Å². The second-order valence-electron chi connectivity index (χ2n) is 8.18. The van der Waals surface area contributed by atoms with Gasteiger partial charge in [0, 0.05) is 38.1 Å². The predicted octanol–water partition coefficient (Wildman–Crippen LogP) is 1.76. The standard InChI is InChI=1S/C21H25FN4O2/c1-14(20(27)25-7-3-6-17(25)10-23)11-24-13-18-9-19(24)21(28)26(18)12-15-4-2-5-16(22)8-15/h2,4-5,8,14,17-19H,3,6-7,9,11-13H2,1H3/t14-,17-,18-,19-/m0/s1. The van der Waals surface area contributed by atoms with Gasteiger partial charge in [-0.3, -0.25) is 14.5 Å². The van der Waals surface area contributed by atoms with Crippen molar-refractivity contribution in [3.8, 4) is 6.07 Å². The summed E-state index contributed by atoms with van der Waals surface area (Å²) in [5, 5.41) is 9.21. The highest BCUT2D eigenvalue weighted by Gasteiger charge is 2.49. The van der Waals surface area contributed by atoms with Gasteiger partial charge >= 0.3 is 0 Å². The number of nitriles is 1. The van der Waals surface area contributed by atoms with Crippen molar-refractivity contribution in [2.75, 3.05) is 19.6 Å². The lowest BCUT2D eigenvalue weighted by Crippen LogP contribution is -2.52. The van der Waals surface area contributed by atoms with E-state index in [0.29, 0.717) is 19.6 Å². The van der Waals surface area contributed by atoms with E-state index in [0.717, 1.165) is 31.4 Å². The van der Waals surface area contributed by atoms with Crippen LogP contribution in [0.1, 0.15) is 31.7 Å². The largest absolute Gasteiger partial charge is 0.333 e. The topological polar surface area (TPSA) is 67.7 Å². The van der Waals surface area contributed by atoms with Crippen molar-refractivity contribution in [2.24, 2.45) is 5.92 Å². The average Bonchev–Trinajstić information content (AvgIpc) is 3.37. The van der Waals surface area contributed by atoms with Crippen molar-refractivity contribution in [1.82, 2.24) is 14.7 Å². The summed E-state index contributed by atoms with van der Waals surface area (Å²) in [6.45, 7) is 4.24. The molecule has 0 radical (unpaired) electrons. The molecule has 1 aromatic carbocycles. The molecule has 2 bridgehead atoms. The summed E-state index contributed by atoms with van der Waals surface area (Å²) in [4.78, 5) is 31.2. The minimum absolute atomic E-state index is 0.0101. The van der Waals surface area contributed by atoms with Gasteiger partial charge < -0.3 is 9.80 Å². The van der Waals surface area contributed by atoms with Crippen molar-refractivity contribution in [3.05, 3.63) is 35.6 Å². The zero-order valence-corrected chi connectivity index (χ0v) is 16.1. The van der Waals surface area contributed by atoms with E-state index < -0.39 is 0 Å². The molecular weight excluding hydrogens is 359 g/mol. The normalized spacial score (nSPS) is 28.0. The number of halogens is 1. The second-order valence-corrected chi connectivity index (χ2v) is 8.18. The second kappa shape index (κ2) is 7.51. The zero-order valence-electron chi connectivity index (χ0n) is 16.1. The predicted molar refractivity (Wildman–Crippen MR) is 100 cm³/mol. The van der Waals surface area contributed by atoms with Crippen LogP contribution in [0.3, 0.4) is 0 Å². The summed E-state index contributed by atoms with van der Waals surface area (Å²) in [5.41, 5.74) is 0.799. The molecule has 4 atom stereocenters. The van der Waals surface area contributed by atoms with Gasteiger partial charge in [0.15, 0.2) is 0 Å². The summed E-state index contributed by atoms with van der Waals surface area (Å²) >= 11 is 0. The van der Waals surface area contributed by atoms with Gasteiger partial charge in [0.1, 0.15) is 11.9 Å². The molecule has 0 N–H and O–H groups in total. The number of hydrogen-bond acceptors (Lipinski definition) is 4. The van der Waals surface area contributed by atoms with Gasteiger partial charge in [-0.25, -0.2) is 4.39 Å². The first-order valence-electron chi connectivity index (χ1n) is 9.97. The molecule has 148 valence electrons. The SMILES string of the molecule is C[C@@H](CN1C[C@@H]2C[C@H]1C(=O)N2Cc1cccc(F)c1)C(=O)N1CCC[C@H]1C#N. The number of carbonyl (C=O) groups is 2. The minimum Gasteiger partial charge on any atom is -0.333 e. The van der Waals surface area contributed by atoms with E-state index >= 15 is 0 Å². The van der Waals surface area contributed by atoms with Gasteiger partial charge in [-0.15, -0.1) is 0 Å². The maximum absolute atomic E-state index is 13.4. The fourth-order valence-corrected chi connectivity index (χ4v) is 4.85. The lowest BCUT2D eigenvalue weighted by molar-refractivity contribution is -0.140. The molecule has 0 saturated carbocycles. The van der Waals surface area contributed by atoms with E-state index in [1.165, 1.54) is 12.1 Å². The number of piperazine rings is 1. The Bertz CT molecular complexity index is 823. The number of benzene rings is 1. The number of fused-ring (bicyclic) bond motifs is 2. The van der Waals surface area contributed by atoms with Crippen LogP contribution in [0, 0.1) is 23.1 Å². The number of likely N-dealkylation sites (tertiary alicyclic amines) is 3. The Hall–Kier alpha value is -2.46. The van der Waals surface area contributed by atoms with Gasteiger partial charge in [0.05, 0.1) is 12.1 Å². The molecule has 0 spiro atoms. The number of amides is 2. The quantitative estimate of drug-likeness (QED) is 0.776. The molecule has 3 heterocycles. The van der Waals surface area contributed by atoms with Gasteiger partial charge in [-0.1, -0.05) is 19.1 Å². The third-order valence-electron chi connectivity index (χ3n) is 6.25. The third kappa shape index (κ3) is 3.37. The molecule has 2 amide bonds. The molecule has 4 rings (SSSR count). The van der Waals surface area contributed by atoms with Gasteiger partial charge in [0.2, 0.25) is 11.8 Å². The van der Waals surface area contributed by atoms with Crippen LogP contribution < -0.4 is 0 Å². The highest BCUT2D eigenvalue weighted by atomic mass is 19.1. The first kappa shape index (κ1) is 18.9. The molecule has 0 aliphatic carbocycles.